The minimum absolute atomic E-state index is 0.302. The number of morpholine rings is 1. The average Bonchev–Trinajstić information content (AvgIpc) is 2.49. The summed E-state index contributed by atoms with van der Waals surface area (Å²) in [5.41, 5.74) is 1.33. The zero-order chi connectivity index (χ0) is 14.2. The van der Waals surface area contributed by atoms with Crippen LogP contribution in [0.2, 0.25) is 0 Å². The van der Waals surface area contributed by atoms with E-state index in [1.54, 1.807) is 0 Å². The zero-order valence-corrected chi connectivity index (χ0v) is 13.1. The van der Waals surface area contributed by atoms with Crippen LogP contribution in [0, 0.1) is 0 Å². The van der Waals surface area contributed by atoms with E-state index in [9.17, 15) is 0 Å². The van der Waals surface area contributed by atoms with Crippen LogP contribution in [0.25, 0.3) is 0 Å². The van der Waals surface area contributed by atoms with Crippen molar-refractivity contribution in [1.82, 2.24) is 9.80 Å². The number of benzene rings is 1. The lowest BCUT2D eigenvalue weighted by atomic mass is 10.2. The molecule has 0 bridgehead atoms. The predicted molar refractivity (Wildman–Crippen MR) is 84.3 cm³/mol. The number of alkyl halides is 1. The smallest absolute Gasteiger partial charge is 0.0829 e. The minimum Gasteiger partial charge on any atom is -0.374 e. The van der Waals surface area contributed by atoms with Gasteiger partial charge in [-0.05, 0) is 12.1 Å². The third-order valence-corrected chi connectivity index (χ3v) is 3.95. The highest BCUT2D eigenvalue weighted by atomic mass is 35.5. The van der Waals surface area contributed by atoms with Crippen LogP contribution in [0.1, 0.15) is 12.5 Å². The Morgan fingerprint density at radius 3 is 2.85 bits per heavy atom. The van der Waals surface area contributed by atoms with Crippen LogP contribution >= 0.6 is 11.6 Å². The highest BCUT2D eigenvalue weighted by molar-refractivity contribution is 6.18. The van der Waals surface area contributed by atoms with E-state index in [-0.39, 0.29) is 0 Å². The first-order valence-corrected chi connectivity index (χ1v) is 8.01. The van der Waals surface area contributed by atoms with Gasteiger partial charge < -0.3 is 4.74 Å². The molecule has 2 rings (SSSR count). The molecule has 1 unspecified atom stereocenters. The normalized spacial score (nSPS) is 20.4. The summed E-state index contributed by atoms with van der Waals surface area (Å²) in [7, 11) is 0. The number of ether oxygens (including phenoxy) is 1. The number of likely N-dealkylation sites (N-methyl/N-ethyl adjacent to an activating group) is 1. The summed E-state index contributed by atoms with van der Waals surface area (Å²) >= 11 is 5.94. The molecule has 0 radical (unpaired) electrons. The van der Waals surface area contributed by atoms with Gasteiger partial charge in [0.25, 0.3) is 0 Å². The Morgan fingerprint density at radius 1 is 1.35 bits per heavy atom. The van der Waals surface area contributed by atoms with Gasteiger partial charge in [0.2, 0.25) is 0 Å². The van der Waals surface area contributed by atoms with Crippen LogP contribution < -0.4 is 0 Å². The van der Waals surface area contributed by atoms with Gasteiger partial charge in [0.05, 0.1) is 12.7 Å². The molecule has 1 fully saturated rings. The second kappa shape index (κ2) is 8.63. The van der Waals surface area contributed by atoms with Crippen molar-refractivity contribution in [2.45, 2.75) is 19.6 Å². The fourth-order valence-corrected chi connectivity index (χ4v) is 2.90. The Balaban J connectivity index is 1.88. The summed E-state index contributed by atoms with van der Waals surface area (Å²) < 4.78 is 5.90. The molecule has 1 aromatic carbocycles. The molecule has 112 valence electrons. The highest BCUT2D eigenvalue weighted by Crippen LogP contribution is 2.10. The van der Waals surface area contributed by atoms with E-state index >= 15 is 0 Å². The fourth-order valence-electron chi connectivity index (χ4n) is 2.66. The van der Waals surface area contributed by atoms with Crippen molar-refractivity contribution in [1.29, 1.82) is 0 Å². The molecule has 1 heterocycles. The van der Waals surface area contributed by atoms with Crippen LogP contribution in [0.4, 0.5) is 0 Å². The van der Waals surface area contributed by atoms with Gasteiger partial charge in [-0.2, -0.15) is 0 Å². The van der Waals surface area contributed by atoms with Gasteiger partial charge in [-0.3, -0.25) is 9.80 Å². The molecule has 3 nitrogen and oxygen atoms in total. The Bertz CT molecular complexity index is 374. The predicted octanol–water partition coefficient (Wildman–Crippen LogP) is 2.45. The highest BCUT2D eigenvalue weighted by Gasteiger charge is 2.21. The molecular weight excluding hydrogens is 272 g/mol. The molecule has 0 amide bonds. The summed E-state index contributed by atoms with van der Waals surface area (Å²) in [4.78, 5) is 4.85. The van der Waals surface area contributed by atoms with Crippen molar-refractivity contribution in [3.63, 3.8) is 0 Å². The molecule has 1 atom stereocenters. The van der Waals surface area contributed by atoms with E-state index < -0.39 is 0 Å². The molecule has 0 aromatic heterocycles. The summed E-state index contributed by atoms with van der Waals surface area (Å²) in [6.07, 6.45) is 0.302. The SMILES string of the molecule is CCN1CCOC(CN(CCCl)Cc2ccccc2)C1. The lowest BCUT2D eigenvalue weighted by Crippen LogP contribution is -2.47. The number of hydrogen-bond donors (Lipinski definition) is 0. The third kappa shape index (κ3) is 5.06. The minimum atomic E-state index is 0.302. The van der Waals surface area contributed by atoms with E-state index in [0.29, 0.717) is 12.0 Å². The maximum atomic E-state index is 5.94. The van der Waals surface area contributed by atoms with Gasteiger partial charge in [0, 0.05) is 38.6 Å². The van der Waals surface area contributed by atoms with Gasteiger partial charge in [-0.25, -0.2) is 0 Å². The number of rotatable bonds is 7. The van der Waals surface area contributed by atoms with Crippen molar-refractivity contribution < 1.29 is 4.74 Å². The van der Waals surface area contributed by atoms with Crippen molar-refractivity contribution >= 4 is 11.6 Å². The fraction of sp³-hybridized carbons (Fsp3) is 0.625. The first-order chi connectivity index (χ1) is 9.81. The Hall–Kier alpha value is -0.610. The molecular formula is C16H25ClN2O. The van der Waals surface area contributed by atoms with Crippen molar-refractivity contribution in [3.8, 4) is 0 Å². The molecule has 0 spiro atoms. The molecule has 20 heavy (non-hydrogen) atoms. The van der Waals surface area contributed by atoms with Gasteiger partial charge in [-0.15, -0.1) is 11.6 Å². The van der Waals surface area contributed by atoms with Crippen molar-refractivity contribution in [2.24, 2.45) is 0 Å². The van der Waals surface area contributed by atoms with E-state index in [2.05, 4.69) is 47.1 Å². The topological polar surface area (TPSA) is 15.7 Å². The van der Waals surface area contributed by atoms with Crippen LogP contribution in [0.15, 0.2) is 30.3 Å². The molecule has 0 aliphatic carbocycles. The lowest BCUT2D eigenvalue weighted by molar-refractivity contribution is -0.0421. The standard InChI is InChI=1S/C16H25ClN2O/c1-2-18-10-11-20-16(13-18)14-19(9-8-17)12-15-6-4-3-5-7-15/h3-7,16H,2,8-14H2,1H3. The largest absolute Gasteiger partial charge is 0.374 e. The van der Waals surface area contributed by atoms with Crippen molar-refractivity contribution in [2.75, 3.05) is 45.2 Å². The maximum absolute atomic E-state index is 5.94. The van der Waals surface area contributed by atoms with Gasteiger partial charge in [0.1, 0.15) is 0 Å². The van der Waals surface area contributed by atoms with Crippen LogP contribution in [-0.4, -0.2) is 61.1 Å². The van der Waals surface area contributed by atoms with Gasteiger partial charge in [-0.1, -0.05) is 37.3 Å². The van der Waals surface area contributed by atoms with Crippen LogP contribution in [0.3, 0.4) is 0 Å². The van der Waals surface area contributed by atoms with Crippen LogP contribution in [0.5, 0.6) is 0 Å². The van der Waals surface area contributed by atoms with Gasteiger partial charge in [0.15, 0.2) is 0 Å². The quantitative estimate of drug-likeness (QED) is 0.719. The number of nitrogens with zero attached hydrogens (tertiary/aromatic N) is 2. The van der Waals surface area contributed by atoms with E-state index in [1.165, 1.54) is 5.56 Å². The maximum Gasteiger partial charge on any atom is 0.0829 e. The molecule has 0 saturated carbocycles. The average molecular weight is 297 g/mol. The lowest BCUT2D eigenvalue weighted by Gasteiger charge is -2.35. The number of halogens is 1. The van der Waals surface area contributed by atoms with E-state index in [4.69, 9.17) is 16.3 Å². The van der Waals surface area contributed by atoms with Gasteiger partial charge >= 0.3 is 0 Å². The third-order valence-electron chi connectivity index (χ3n) is 3.78. The molecule has 1 aliphatic heterocycles. The Morgan fingerprint density at radius 2 is 2.15 bits per heavy atom. The first-order valence-electron chi connectivity index (χ1n) is 7.48. The molecule has 1 saturated heterocycles. The molecule has 0 N–H and O–H groups in total. The molecule has 1 aromatic rings. The molecule has 4 heteroatoms. The van der Waals surface area contributed by atoms with Crippen LogP contribution in [-0.2, 0) is 11.3 Å². The van der Waals surface area contributed by atoms with E-state index in [1.807, 2.05) is 0 Å². The summed E-state index contributed by atoms with van der Waals surface area (Å²) in [5, 5.41) is 0. The first kappa shape index (κ1) is 15.8. The summed E-state index contributed by atoms with van der Waals surface area (Å²) in [5.74, 6) is 0.664. The second-order valence-electron chi connectivity index (χ2n) is 5.30. The zero-order valence-electron chi connectivity index (χ0n) is 12.3. The van der Waals surface area contributed by atoms with Crippen molar-refractivity contribution in [3.05, 3.63) is 35.9 Å². The summed E-state index contributed by atoms with van der Waals surface area (Å²) in [6.45, 7) is 9.06. The second-order valence-corrected chi connectivity index (χ2v) is 5.67. The Labute approximate surface area is 127 Å². The molecule has 1 aliphatic rings. The monoisotopic (exact) mass is 296 g/mol. The van der Waals surface area contributed by atoms with E-state index in [0.717, 1.165) is 45.9 Å². The summed E-state index contributed by atoms with van der Waals surface area (Å²) in [6, 6.07) is 10.6. The Kier molecular flexibility index (Phi) is 6.80. The number of hydrogen-bond acceptors (Lipinski definition) is 3.